The molecule has 3 aromatic rings. The molecule has 1 aromatic carbocycles. The van der Waals surface area contributed by atoms with Crippen molar-refractivity contribution >= 4 is 32.4 Å². The average molecular weight is 351 g/mol. The zero-order valence-electron chi connectivity index (χ0n) is 10.6. The summed E-state index contributed by atoms with van der Waals surface area (Å²) in [6, 6.07) is 8.03. The summed E-state index contributed by atoms with van der Waals surface area (Å²) in [6.45, 7) is 1.88. The van der Waals surface area contributed by atoms with E-state index in [1.807, 2.05) is 31.2 Å². The van der Waals surface area contributed by atoms with Crippen molar-refractivity contribution in [2.45, 2.75) is 13.3 Å². The topological polar surface area (TPSA) is 77.8 Å². The maximum Gasteiger partial charge on any atom is 0.270 e. The SMILES string of the molecule is Cc1nc(N)sc1-c1nc(Cc2ccc(Br)cc2)no1. The van der Waals surface area contributed by atoms with E-state index in [4.69, 9.17) is 10.3 Å². The number of aryl methyl sites for hydroxylation is 1. The van der Waals surface area contributed by atoms with Gasteiger partial charge < -0.3 is 10.3 Å². The molecule has 20 heavy (non-hydrogen) atoms. The molecule has 0 radical (unpaired) electrons. The lowest BCUT2D eigenvalue weighted by Gasteiger charge is -1.96. The van der Waals surface area contributed by atoms with Crippen molar-refractivity contribution in [3.05, 3.63) is 45.8 Å². The molecule has 102 valence electrons. The molecule has 0 saturated heterocycles. The first-order valence-electron chi connectivity index (χ1n) is 5.92. The molecule has 2 heterocycles. The quantitative estimate of drug-likeness (QED) is 0.782. The summed E-state index contributed by atoms with van der Waals surface area (Å²) < 4.78 is 6.33. The predicted octanol–water partition coefficient (Wildman–Crippen LogP) is 3.44. The van der Waals surface area contributed by atoms with Crippen LogP contribution in [0.15, 0.2) is 33.3 Å². The van der Waals surface area contributed by atoms with Gasteiger partial charge in [0.25, 0.3) is 5.89 Å². The van der Waals surface area contributed by atoms with E-state index in [-0.39, 0.29) is 0 Å². The molecule has 0 amide bonds. The third-order valence-electron chi connectivity index (χ3n) is 2.75. The van der Waals surface area contributed by atoms with Crippen LogP contribution in [-0.2, 0) is 6.42 Å². The van der Waals surface area contributed by atoms with Crippen LogP contribution in [0, 0.1) is 6.92 Å². The van der Waals surface area contributed by atoms with Gasteiger partial charge in [0.2, 0.25) is 0 Å². The Kier molecular flexibility index (Phi) is 3.54. The number of benzene rings is 1. The van der Waals surface area contributed by atoms with Crippen LogP contribution in [0.1, 0.15) is 17.1 Å². The van der Waals surface area contributed by atoms with E-state index in [0.29, 0.717) is 23.3 Å². The fourth-order valence-corrected chi connectivity index (χ4v) is 2.84. The van der Waals surface area contributed by atoms with Crippen LogP contribution in [0.5, 0.6) is 0 Å². The number of thiazole rings is 1. The van der Waals surface area contributed by atoms with Gasteiger partial charge >= 0.3 is 0 Å². The molecule has 0 atom stereocenters. The largest absolute Gasteiger partial charge is 0.375 e. The van der Waals surface area contributed by atoms with Gasteiger partial charge in [-0.2, -0.15) is 4.98 Å². The first-order chi connectivity index (χ1) is 9.61. The van der Waals surface area contributed by atoms with Crippen LogP contribution in [0.4, 0.5) is 5.13 Å². The second-order valence-corrected chi connectivity index (χ2v) is 6.23. The molecule has 2 aromatic heterocycles. The molecule has 5 nitrogen and oxygen atoms in total. The Morgan fingerprint density at radius 3 is 2.65 bits per heavy atom. The summed E-state index contributed by atoms with van der Waals surface area (Å²) in [7, 11) is 0. The Morgan fingerprint density at radius 1 is 1.25 bits per heavy atom. The van der Waals surface area contributed by atoms with Crippen molar-refractivity contribution in [2.75, 3.05) is 5.73 Å². The fourth-order valence-electron chi connectivity index (χ4n) is 1.82. The van der Waals surface area contributed by atoms with Crippen molar-refractivity contribution in [2.24, 2.45) is 0 Å². The molecular weight excluding hydrogens is 340 g/mol. The molecule has 0 saturated carbocycles. The average Bonchev–Trinajstić information content (AvgIpc) is 2.99. The van der Waals surface area contributed by atoms with Crippen LogP contribution < -0.4 is 5.73 Å². The number of rotatable bonds is 3. The third-order valence-corrected chi connectivity index (χ3v) is 4.25. The lowest BCUT2D eigenvalue weighted by atomic mass is 10.1. The van der Waals surface area contributed by atoms with E-state index >= 15 is 0 Å². The second-order valence-electron chi connectivity index (χ2n) is 4.29. The maximum atomic E-state index is 5.67. The van der Waals surface area contributed by atoms with Crippen LogP contribution in [0.2, 0.25) is 0 Å². The molecule has 0 aliphatic heterocycles. The number of nitrogen functional groups attached to an aromatic ring is 1. The monoisotopic (exact) mass is 350 g/mol. The van der Waals surface area contributed by atoms with Gasteiger partial charge in [0.15, 0.2) is 11.0 Å². The second kappa shape index (κ2) is 5.34. The molecule has 0 bridgehead atoms. The minimum Gasteiger partial charge on any atom is -0.375 e. The van der Waals surface area contributed by atoms with Crippen molar-refractivity contribution in [1.82, 2.24) is 15.1 Å². The minimum absolute atomic E-state index is 0.476. The van der Waals surface area contributed by atoms with E-state index in [1.54, 1.807) is 0 Å². The zero-order chi connectivity index (χ0) is 14.1. The standard InChI is InChI=1S/C13H11BrN4OS/c1-7-11(20-13(15)16-7)12-17-10(18-19-12)6-8-2-4-9(14)5-3-8/h2-5H,6H2,1H3,(H2,15,16). The lowest BCUT2D eigenvalue weighted by molar-refractivity contribution is 0.424. The highest BCUT2D eigenvalue weighted by Gasteiger charge is 2.15. The third kappa shape index (κ3) is 2.73. The Balaban J connectivity index is 1.83. The highest BCUT2D eigenvalue weighted by Crippen LogP contribution is 2.30. The van der Waals surface area contributed by atoms with Crippen LogP contribution in [0.3, 0.4) is 0 Å². The molecule has 0 spiro atoms. The van der Waals surface area contributed by atoms with Gasteiger partial charge in [-0.05, 0) is 24.6 Å². The van der Waals surface area contributed by atoms with Crippen molar-refractivity contribution in [1.29, 1.82) is 0 Å². The molecule has 7 heteroatoms. The summed E-state index contributed by atoms with van der Waals surface area (Å²) in [5, 5.41) is 4.51. The Hall–Kier alpha value is -1.73. The van der Waals surface area contributed by atoms with Gasteiger partial charge in [0.1, 0.15) is 4.88 Å². The van der Waals surface area contributed by atoms with Crippen molar-refractivity contribution in [3.8, 4) is 10.8 Å². The van der Waals surface area contributed by atoms with E-state index in [0.717, 1.165) is 20.6 Å². The Bertz CT molecular complexity index is 735. The number of anilines is 1. The summed E-state index contributed by atoms with van der Waals surface area (Å²) >= 11 is 4.76. The van der Waals surface area contributed by atoms with E-state index in [1.165, 1.54) is 11.3 Å². The molecule has 0 aliphatic carbocycles. The number of aromatic nitrogens is 3. The Labute approximate surface area is 128 Å². The number of nitrogens with two attached hydrogens (primary N) is 1. The molecule has 3 rings (SSSR count). The molecule has 0 unspecified atom stereocenters. The summed E-state index contributed by atoms with van der Waals surface area (Å²) in [5.41, 5.74) is 7.61. The van der Waals surface area contributed by atoms with Crippen LogP contribution in [0.25, 0.3) is 10.8 Å². The van der Waals surface area contributed by atoms with Gasteiger partial charge in [0, 0.05) is 10.9 Å². The van der Waals surface area contributed by atoms with Crippen LogP contribution >= 0.6 is 27.3 Å². The van der Waals surface area contributed by atoms with E-state index < -0.39 is 0 Å². The van der Waals surface area contributed by atoms with Crippen molar-refractivity contribution < 1.29 is 4.52 Å². The first-order valence-corrected chi connectivity index (χ1v) is 7.53. The number of hydrogen-bond donors (Lipinski definition) is 1. The summed E-state index contributed by atoms with van der Waals surface area (Å²) in [4.78, 5) is 9.38. The van der Waals surface area contributed by atoms with Crippen LogP contribution in [-0.4, -0.2) is 15.1 Å². The number of halogens is 1. The van der Waals surface area contributed by atoms with Crippen molar-refractivity contribution in [3.63, 3.8) is 0 Å². The Morgan fingerprint density at radius 2 is 2.00 bits per heavy atom. The minimum atomic E-state index is 0.476. The predicted molar refractivity (Wildman–Crippen MR) is 81.5 cm³/mol. The lowest BCUT2D eigenvalue weighted by Crippen LogP contribution is -1.90. The highest BCUT2D eigenvalue weighted by atomic mass is 79.9. The number of nitrogens with zero attached hydrogens (tertiary/aromatic N) is 3. The van der Waals surface area contributed by atoms with Gasteiger partial charge in [0.05, 0.1) is 5.69 Å². The van der Waals surface area contributed by atoms with Gasteiger partial charge in [-0.15, -0.1) is 0 Å². The first kappa shape index (κ1) is 13.3. The maximum absolute atomic E-state index is 5.67. The summed E-state index contributed by atoms with van der Waals surface area (Å²) in [6.07, 6.45) is 0.629. The van der Waals surface area contributed by atoms with Gasteiger partial charge in [-0.1, -0.05) is 44.6 Å². The van der Waals surface area contributed by atoms with Gasteiger partial charge in [-0.3, -0.25) is 0 Å². The molecule has 0 aliphatic rings. The molecule has 2 N–H and O–H groups in total. The highest BCUT2D eigenvalue weighted by molar-refractivity contribution is 9.10. The molecular formula is C13H11BrN4OS. The fraction of sp³-hybridized carbons (Fsp3) is 0.154. The normalized spacial score (nSPS) is 10.9. The summed E-state index contributed by atoms with van der Waals surface area (Å²) in [5.74, 6) is 1.12. The van der Waals surface area contributed by atoms with Gasteiger partial charge in [-0.25, -0.2) is 4.98 Å². The smallest absolute Gasteiger partial charge is 0.270 e. The van der Waals surface area contributed by atoms with E-state index in [2.05, 4.69) is 31.1 Å². The number of hydrogen-bond acceptors (Lipinski definition) is 6. The molecule has 0 fully saturated rings. The van der Waals surface area contributed by atoms with E-state index in [9.17, 15) is 0 Å². The zero-order valence-corrected chi connectivity index (χ0v) is 13.0.